The molecule has 0 saturated carbocycles. The van der Waals surface area contributed by atoms with E-state index in [4.69, 9.17) is 9.15 Å². The van der Waals surface area contributed by atoms with Crippen LogP contribution in [0.5, 0.6) is 5.75 Å². The highest BCUT2D eigenvalue weighted by Crippen LogP contribution is 2.29. The van der Waals surface area contributed by atoms with Gasteiger partial charge in [0.05, 0.1) is 30.7 Å². The minimum absolute atomic E-state index is 0.0211. The van der Waals surface area contributed by atoms with Crippen LogP contribution >= 0.6 is 0 Å². The van der Waals surface area contributed by atoms with E-state index in [-0.39, 0.29) is 23.9 Å². The summed E-state index contributed by atoms with van der Waals surface area (Å²) in [6.45, 7) is 7.76. The summed E-state index contributed by atoms with van der Waals surface area (Å²) in [7, 11) is -0.500. The molecule has 39 heavy (non-hydrogen) atoms. The van der Waals surface area contributed by atoms with Crippen molar-refractivity contribution in [1.82, 2.24) is 14.5 Å². The number of ether oxygens (including phenoxy) is 1. The molecular formula is C29H36N4O5S. The van der Waals surface area contributed by atoms with Crippen LogP contribution in [0.2, 0.25) is 0 Å². The molecule has 2 aromatic carbocycles. The fraction of sp³-hybridized carbons (Fsp3) is 0.379. The summed E-state index contributed by atoms with van der Waals surface area (Å²) in [4.78, 5) is 19.4. The quantitative estimate of drug-likeness (QED) is 0.388. The van der Waals surface area contributed by atoms with E-state index < -0.39 is 10.0 Å². The predicted molar refractivity (Wildman–Crippen MR) is 151 cm³/mol. The van der Waals surface area contributed by atoms with Gasteiger partial charge in [-0.05, 0) is 55.2 Å². The van der Waals surface area contributed by atoms with Gasteiger partial charge in [0.15, 0.2) is 0 Å². The summed E-state index contributed by atoms with van der Waals surface area (Å²) in [5.41, 5.74) is 3.80. The molecule has 1 amide bonds. The Morgan fingerprint density at radius 3 is 2.41 bits per heavy atom. The number of hydrogen-bond donors (Lipinski definition) is 1. The molecule has 10 heteroatoms. The lowest BCUT2D eigenvalue weighted by molar-refractivity contribution is 0.0796. The molecule has 208 valence electrons. The molecule has 9 nitrogen and oxygen atoms in total. The Bertz CT molecular complexity index is 1440. The van der Waals surface area contributed by atoms with E-state index in [1.165, 1.54) is 10.6 Å². The van der Waals surface area contributed by atoms with Crippen molar-refractivity contribution in [3.63, 3.8) is 0 Å². The number of nitrogens with zero attached hydrogens (tertiary/aromatic N) is 3. The maximum absolute atomic E-state index is 13.5. The van der Waals surface area contributed by atoms with Crippen LogP contribution < -0.4 is 10.1 Å². The monoisotopic (exact) mass is 552 g/mol. The fourth-order valence-corrected chi connectivity index (χ4v) is 6.55. The molecule has 0 fully saturated rings. The summed E-state index contributed by atoms with van der Waals surface area (Å²) >= 11 is 0. The molecule has 0 bridgehead atoms. The zero-order valence-corrected chi connectivity index (χ0v) is 24.0. The smallest absolute Gasteiger partial charge is 0.256 e. The van der Waals surface area contributed by atoms with Crippen LogP contribution in [0.3, 0.4) is 0 Å². The number of carbonyl (C=O) groups excluding carboxylic acids is 1. The normalized spacial score (nSPS) is 13.3. The highest BCUT2D eigenvalue weighted by Gasteiger charge is 2.28. The van der Waals surface area contributed by atoms with Crippen LogP contribution in [0.25, 0.3) is 0 Å². The summed E-state index contributed by atoms with van der Waals surface area (Å²) in [6, 6.07) is 13.2. The largest absolute Gasteiger partial charge is 0.497 e. The van der Waals surface area contributed by atoms with Gasteiger partial charge in [-0.2, -0.15) is 4.31 Å². The number of furan rings is 1. The van der Waals surface area contributed by atoms with E-state index in [1.54, 1.807) is 58.0 Å². The SMILES string of the molecule is CCN(Cc1cc(C(=O)N(C)CCc2ccc(C3=NCCN3)cc2)co1)S(=O)(=O)c1c(C)cc(OC)cc1C. The number of rotatable bonds is 11. The molecule has 1 aliphatic heterocycles. The number of likely N-dealkylation sites (N-methyl/N-ethyl adjacent to an activating group) is 1. The third kappa shape index (κ3) is 6.34. The van der Waals surface area contributed by atoms with E-state index in [0.29, 0.717) is 41.2 Å². The Labute approximate surface area is 230 Å². The number of amides is 1. The zero-order chi connectivity index (χ0) is 28.2. The Balaban J connectivity index is 1.39. The first-order valence-corrected chi connectivity index (χ1v) is 14.4. The molecule has 0 saturated heterocycles. The molecule has 4 rings (SSSR count). The van der Waals surface area contributed by atoms with Gasteiger partial charge < -0.3 is 19.4 Å². The molecule has 1 N–H and O–H groups in total. The molecule has 3 aromatic rings. The Morgan fingerprint density at radius 2 is 1.82 bits per heavy atom. The van der Waals surface area contributed by atoms with Gasteiger partial charge in [-0.3, -0.25) is 9.79 Å². The van der Waals surface area contributed by atoms with Gasteiger partial charge in [-0.1, -0.05) is 31.2 Å². The Hall–Kier alpha value is -3.63. The molecule has 1 aliphatic rings. The molecular weight excluding hydrogens is 516 g/mol. The molecule has 1 aromatic heterocycles. The molecule has 0 aliphatic carbocycles. The highest BCUT2D eigenvalue weighted by molar-refractivity contribution is 7.89. The fourth-order valence-electron chi connectivity index (χ4n) is 4.72. The van der Waals surface area contributed by atoms with E-state index in [1.807, 2.05) is 12.1 Å². The minimum Gasteiger partial charge on any atom is -0.497 e. The Kier molecular flexibility index (Phi) is 8.76. The first-order chi connectivity index (χ1) is 18.6. The van der Waals surface area contributed by atoms with Gasteiger partial charge in [0.1, 0.15) is 23.6 Å². The average Bonchev–Trinajstić information content (AvgIpc) is 3.62. The lowest BCUT2D eigenvalue weighted by Gasteiger charge is -2.22. The van der Waals surface area contributed by atoms with Crippen molar-refractivity contribution in [1.29, 1.82) is 0 Å². The third-order valence-electron chi connectivity index (χ3n) is 6.84. The number of nitrogens with one attached hydrogen (secondary N) is 1. The second-order valence-electron chi connectivity index (χ2n) is 9.65. The van der Waals surface area contributed by atoms with Crippen LogP contribution in [0.1, 0.15) is 45.3 Å². The van der Waals surface area contributed by atoms with E-state index in [9.17, 15) is 13.2 Å². The Morgan fingerprint density at radius 1 is 1.13 bits per heavy atom. The third-order valence-corrected chi connectivity index (χ3v) is 9.06. The van der Waals surface area contributed by atoms with Crippen LogP contribution in [-0.4, -0.2) is 69.7 Å². The van der Waals surface area contributed by atoms with Gasteiger partial charge in [0, 0.05) is 32.2 Å². The van der Waals surface area contributed by atoms with Gasteiger partial charge in [0.25, 0.3) is 5.91 Å². The maximum Gasteiger partial charge on any atom is 0.256 e. The van der Waals surface area contributed by atoms with Crippen LogP contribution in [0.15, 0.2) is 63.0 Å². The van der Waals surface area contributed by atoms with Crippen LogP contribution in [0.4, 0.5) is 0 Å². The lowest BCUT2D eigenvalue weighted by Crippen LogP contribution is -2.31. The van der Waals surface area contributed by atoms with Gasteiger partial charge >= 0.3 is 0 Å². The maximum atomic E-state index is 13.5. The van der Waals surface area contributed by atoms with Gasteiger partial charge in [-0.25, -0.2) is 8.42 Å². The number of aryl methyl sites for hydroxylation is 2. The van der Waals surface area contributed by atoms with Crippen molar-refractivity contribution in [3.05, 3.63) is 82.3 Å². The van der Waals surface area contributed by atoms with Crippen molar-refractivity contribution in [2.75, 3.05) is 40.3 Å². The molecule has 0 unspecified atom stereocenters. The second kappa shape index (κ2) is 12.0. The van der Waals surface area contributed by atoms with E-state index in [0.717, 1.165) is 30.1 Å². The van der Waals surface area contributed by atoms with Crippen molar-refractivity contribution in [2.24, 2.45) is 4.99 Å². The number of benzene rings is 2. The van der Waals surface area contributed by atoms with Gasteiger partial charge in [-0.15, -0.1) is 0 Å². The van der Waals surface area contributed by atoms with Crippen LogP contribution in [-0.2, 0) is 23.0 Å². The standard InChI is InChI=1S/C29H36N4O5S/c1-6-33(39(35,36)27-20(2)15-25(37-5)16-21(27)3)18-26-17-24(19-38-26)29(34)32(4)14-11-22-7-9-23(10-8-22)28-30-12-13-31-28/h7-10,15-17,19H,6,11-14,18H2,1-5H3,(H,30,31). The van der Waals surface area contributed by atoms with Crippen LogP contribution in [0, 0.1) is 13.8 Å². The predicted octanol–water partition coefficient (Wildman–Crippen LogP) is 3.78. The summed E-state index contributed by atoms with van der Waals surface area (Å²) < 4.78 is 39.3. The first kappa shape index (κ1) is 28.4. The average molecular weight is 553 g/mol. The molecule has 0 atom stereocenters. The number of hydrogen-bond acceptors (Lipinski definition) is 7. The topological polar surface area (TPSA) is 104 Å². The van der Waals surface area contributed by atoms with Gasteiger partial charge in [0.2, 0.25) is 10.0 Å². The number of carbonyl (C=O) groups is 1. The number of methoxy groups -OCH3 is 1. The van der Waals surface area contributed by atoms with Crippen molar-refractivity contribution in [3.8, 4) is 5.75 Å². The molecule has 2 heterocycles. The second-order valence-corrected chi connectivity index (χ2v) is 11.5. The lowest BCUT2D eigenvalue weighted by atomic mass is 10.1. The van der Waals surface area contributed by atoms with Crippen molar-refractivity contribution < 1.29 is 22.4 Å². The number of sulfonamides is 1. The highest BCUT2D eigenvalue weighted by atomic mass is 32.2. The summed E-state index contributed by atoms with van der Waals surface area (Å²) in [5, 5.41) is 3.27. The van der Waals surface area contributed by atoms with E-state index >= 15 is 0 Å². The molecule has 0 radical (unpaired) electrons. The zero-order valence-electron chi connectivity index (χ0n) is 23.2. The summed E-state index contributed by atoms with van der Waals surface area (Å²) in [5.74, 6) is 1.76. The van der Waals surface area contributed by atoms with Crippen molar-refractivity contribution in [2.45, 2.75) is 38.6 Å². The van der Waals surface area contributed by atoms with Crippen molar-refractivity contribution >= 4 is 21.8 Å². The summed E-state index contributed by atoms with van der Waals surface area (Å²) in [6.07, 6.45) is 2.10. The van der Waals surface area contributed by atoms with E-state index in [2.05, 4.69) is 22.4 Å². The molecule has 0 spiro atoms. The number of amidine groups is 1. The minimum atomic E-state index is -3.80. The first-order valence-electron chi connectivity index (χ1n) is 13.0. The number of aliphatic imine (C=N–C) groups is 1.